The monoisotopic (exact) mass is 349 g/mol. The van der Waals surface area contributed by atoms with Gasteiger partial charge in [0.1, 0.15) is 0 Å². The summed E-state index contributed by atoms with van der Waals surface area (Å²) in [6, 6.07) is 4.51. The predicted octanol–water partition coefficient (Wildman–Crippen LogP) is 2.73. The number of rotatable bonds is 6. The van der Waals surface area contributed by atoms with E-state index >= 15 is 0 Å². The molecule has 0 unspecified atom stereocenters. The number of carbonyl (C=O) groups is 1. The average molecular weight is 350 g/mol. The van der Waals surface area contributed by atoms with Gasteiger partial charge in [0.15, 0.2) is 0 Å². The minimum atomic E-state index is 0.373. The van der Waals surface area contributed by atoms with Crippen molar-refractivity contribution in [2.24, 2.45) is 5.92 Å². The van der Waals surface area contributed by atoms with Crippen molar-refractivity contribution < 1.29 is 4.79 Å². The molecule has 0 aromatic carbocycles. The van der Waals surface area contributed by atoms with E-state index in [0.29, 0.717) is 5.91 Å². The molecule has 24 heavy (non-hydrogen) atoms. The first kappa shape index (κ1) is 17.9. The minimum absolute atomic E-state index is 0.373. The summed E-state index contributed by atoms with van der Waals surface area (Å²) in [6.45, 7) is 9.33. The molecule has 3 heterocycles. The van der Waals surface area contributed by atoms with E-state index in [9.17, 15) is 4.79 Å². The average Bonchev–Trinajstić information content (AvgIpc) is 3.09. The van der Waals surface area contributed by atoms with Crippen molar-refractivity contribution >= 4 is 17.2 Å². The van der Waals surface area contributed by atoms with Crippen LogP contribution in [0.1, 0.15) is 42.4 Å². The molecule has 1 aromatic rings. The maximum Gasteiger partial charge on any atom is 0.222 e. The molecular formula is C19H31N3OS. The van der Waals surface area contributed by atoms with Gasteiger partial charge in [-0.05, 0) is 56.8 Å². The Hall–Kier alpha value is -0.910. The van der Waals surface area contributed by atoms with Crippen molar-refractivity contribution in [1.29, 1.82) is 0 Å². The van der Waals surface area contributed by atoms with E-state index in [2.05, 4.69) is 34.2 Å². The van der Waals surface area contributed by atoms with Crippen LogP contribution in [0.15, 0.2) is 12.1 Å². The Morgan fingerprint density at radius 2 is 1.88 bits per heavy atom. The first-order valence-electron chi connectivity index (χ1n) is 9.53. The lowest BCUT2D eigenvalue weighted by Gasteiger charge is -2.35. The molecule has 1 N–H and O–H groups in total. The second kappa shape index (κ2) is 8.97. The van der Waals surface area contributed by atoms with Crippen LogP contribution < -0.4 is 5.32 Å². The van der Waals surface area contributed by atoms with Crippen LogP contribution in [-0.4, -0.2) is 55.0 Å². The molecule has 3 rings (SSSR count). The zero-order valence-electron chi connectivity index (χ0n) is 14.9. The van der Waals surface area contributed by atoms with Crippen LogP contribution in [0.25, 0.3) is 0 Å². The van der Waals surface area contributed by atoms with E-state index in [1.165, 1.54) is 22.6 Å². The molecule has 2 aliphatic heterocycles. The van der Waals surface area contributed by atoms with Crippen molar-refractivity contribution in [3.8, 4) is 0 Å². The number of nitrogens with one attached hydrogen (secondary N) is 1. The van der Waals surface area contributed by atoms with Crippen LogP contribution in [0.5, 0.6) is 0 Å². The van der Waals surface area contributed by atoms with Crippen LogP contribution >= 0.6 is 11.3 Å². The molecule has 0 saturated carbocycles. The summed E-state index contributed by atoms with van der Waals surface area (Å²) in [5, 5.41) is 3.40. The number of hydrogen-bond acceptors (Lipinski definition) is 4. The summed E-state index contributed by atoms with van der Waals surface area (Å²) < 4.78 is 0. The molecule has 2 saturated heterocycles. The lowest BCUT2D eigenvalue weighted by Crippen LogP contribution is -2.48. The van der Waals surface area contributed by atoms with Gasteiger partial charge in [0.2, 0.25) is 5.91 Å². The highest BCUT2D eigenvalue weighted by molar-refractivity contribution is 7.11. The van der Waals surface area contributed by atoms with Crippen molar-refractivity contribution in [3.63, 3.8) is 0 Å². The summed E-state index contributed by atoms with van der Waals surface area (Å²) in [4.78, 5) is 19.9. The van der Waals surface area contributed by atoms with Gasteiger partial charge in [0.05, 0.1) is 0 Å². The molecule has 134 valence electrons. The summed E-state index contributed by atoms with van der Waals surface area (Å²) in [5.41, 5.74) is 0. The number of aryl methyl sites for hydroxylation is 1. The van der Waals surface area contributed by atoms with Crippen molar-refractivity contribution in [3.05, 3.63) is 21.9 Å². The Balaban J connectivity index is 1.37. The van der Waals surface area contributed by atoms with Gasteiger partial charge >= 0.3 is 0 Å². The van der Waals surface area contributed by atoms with Crippen LogP contribution in [0.4, 0.5) is 0 Å². The number of piperazine rings is 1. The molecule has 0 bridgehead atoms. The summed E-state index contributed by atoms with van der Waals surface area (Å²) in [7, 11) is 0. The third-order valence-corrected chi connectivity index (χ3v) is 6.61. The van der Waals surface area contributed by atoms with Gasteiger partial charge in [-0.25, -0.2) is 0 Å². The Kier molecular flexibility index (Phi) is 6.69. The summed E-state index contributed by atoms with van der Waals surface area (Å²) >= 11 is 1.93. The highest BCUT2D eigenvalue weighted by atomic mass is 32.1. The van der Waals surface area contributed by atoms with E-state index in [1.54, 1.807) is 0 Å². The number of nitrogens with zero attached hydrogens (tertiary/aromatic N) is 2. The molecule has 0 radical (unpaired) electrons. The van der Waals surface area contributed by atoms with E-state index in [-0.39, 0.29) is 0 Å². The Labute approximate surface area is 150 Å². The molecule has 5 heteroatoms. The fraction of sp³-hybridized carbons (Fsp3) is 0.737. The number of hydrogen-bond donors (Lipinski definition) is 1. The number of piperidine rings is 1. The van der Waals surface area contributed by atoms with Gasteiger partial charge < -0.3 is 10.2 Å². The SMILES string of the molecule is CCc1ccc(CN2CCN(C(=O)CCC3CCNCC3)CC2)s1. The standard InChI is InChI=1S/C19H31N3OS/c1-2-17-4-5-18(24-17)15-21-11-13-22(14-12-21)19(23)6-3-16-7-9-20-10-8-16/h4-5,16,20H,2-3,6-15H2,1H3. The first-order valence-corrected chi connectivity index (χ1v) is 10.3. The van der Waals surface area contributed by atoms with Crippen molar-refractivity contribution in [2.45, 2.75) is 45.6 Å². The van der Waals surface area contributed by atoms with Crippen molar-refractivity contribution in [1.82, 2.24) is 15.1 Å². The second-order valence-corrected chi connectivity index (χ2v) is 8.36. The summed E-state index contributed by atoms with van der Waals surface area (Å²) in [5.74, 6) is 1.13. The maximum absolute atomic E-state index is 12.4. The molecule has 1 amide bonds. The largest absolute Gasteiger partial charge is 0.340 e. The number of amides is 1. The minimum Gasteiger partial charge on any atom is -0.340 e. The topological polar surface area (TPSA) is 35.6 Å². The Morgan fingerprint density at radius 3 is 2.54 bits per heavy atom. The zero-order valence-corrected chi connectivity index (χ0v) is 15.7. The van der Waals surface area contributed by atoms with Crippen LogP contribution in [0.3, 0.4) is 0 Å². The second-order valence-electron chi connectivity index (χ2n) is 7.11. The molecule has 4 nitrogen and oxygen atoms in total. The number of carbonyl (C=O) groups excluding carboxylic acids is 1. The molecule has 2 fully saturated rings. The van der Waals surface area contributed by atoms with Crippen LogP contribution in [-0.2, 0) is 17.8 Å². The fourth-order valence-corrected chi connectivity index (χ4v) is 4.73. The molecule has 0 atom stereocenters. The molecule has 0 spiro atoms. The van der Waals surface area contributed by atoms with Gasteiger partial charge in [-0.15, -0.1) is 11.3 Å². The van der Waals surface area contributed by atoms with Gasteiger partial charge in [-0.3, -0.25) is 9.69 Å². The molecule has 2 aliphatic rings. The van der Waals surface area contributed by atoms with Crippen molar-refractivity contribution in [2.75, 3.05) is 39.3 Å². The Morgan fingerprint density at radius 1 is 1.17 bits per heavy atom. The molecule has 1 aromatic heterocycles. The number of thiophene rings is 1. The van der Waals surface area contributed by atoms with E-state index in [1.807, 2.05) is 11.3 Å². The van der Waals surface area contributed by atoms with Gasteiger partial charge in [-0.2, -0.15) is 0 Å². The van der Waals surface area contributed by atoms with E-state index in [4.69, 9.17) is 0 Å². The van der Waals surface area contributed by atoms with E-state index in [0.717, 1.165) is 71.0 Å². The zero-order chi connectivity index (χ0) is 16.8. The first-order chi connectivity index (χ1) is 11.7. The lowest BCUT2D eigenvalue weighted by atomic mass is 9.93. The predicted molar refractivity (Wildman–Crippen MR) is 100 cm³/mol. The quantitative estimate of drug-likeness (QED) is 0.858. The highest BCUT2D eigenvalue weighted by Crippen LogP contribution is 2.21. The third kappa shape index (κ3) is 5.04. The van der Waals surface area contributed by atoms with E-state index < -0.39 is 0 Å². The summed E-state index contributed by atoms with van der Waals surface area (Å²) in [6.07, 6.45) is 5.43. The Bertz CT molecular complexity index is 516. The normalized spacial score (nSPS) is 20.5. The highest BCUT2D eigenvalue weighted by Gasteiger charge is 2.22. The van der Waals surface area contributed by atoms with Crippen LogP contribution in [0, 0.1) is 5.92 Å². The third-order valence-electron chi connectivity index (χ3n) is 5.40. The smallest absolute Gasteiger partial charge is 0.222 e. The van der Waals surface area contributed by atoms with Crippen LogP contribution in [0.2, 0.25) is 0 Å². The van der Waals surface area contributed by atoms with Gasteiger partial charge in [0, 0.05) is 48.9 Å². The fourth-order valence-electron chi connectivity index (χ4n) is 3.73. The van der Waals surface area contributed by atoms with Gasteiger partial charge in [-0.1, -0.05) is 6.92 Å². The van der Waals surface area contributed by atoms with Gasteiger partial charge in [0.25, 0.3) is 0 Å². The maximum atomic E-state index is 12.4. The lowest BCUT2D eigenvalue weighted by molar-refractivity contribution is -0.133. The molecular weight excluding hydrogens is 318 g/mol. The molecule has 0 aliphatic carbocycles.